The van der Waals surface area contributed by atoms with Crippen molar-refractivity contribution in [2.24, 2.45) is 0 Å². The standard InChI is InChI=1S/C13H13ClO2S2/c1-16-13(15)12-8-9-7-10(17-6-2-5-14)3-4-11(9)18-12/h3-4,7-8H,2,5-6H2,1H3. The van der Waals surface area contributed by atoms with Crippen LogP contribution in [0.5, 0.6) is 0 Å². The third-order valence-corrected chi connectivity index (χ3v) is 4.86. The van der Waals surface area contributed by atoms with Gasteiger partial charge in [0.15, 0.2) is 0 Å². The maximum atomic E-state index is 11.4. The number of thioether (sulfide) groups is 1. The molecule has 0 N–H and O–H groups in total. The third-order valence-electron chi connectivity index (χ3n) is 2.42. The Morgan fingerprint density at radius 1 is 1.44 bits per heavy atom. The second-order valence-electron chi connectivity index (χ2n) is 3.69. The minimum atomic E-state index is -0.271. The summed E-state index contributed by atoms with van der Waals surface area (Å²) in [5.41, 5.74) is 0. The van der Waals surface area contributed by atoms with Crippen LogP contribution in [0, 0.1) is 0 Å². The Balaban J connectivity index is 2.20. The number of esters is 1. The van der Waals surface area contributed by atoms with Crippen LogP contribution in [0.4, 0.5) is 0 Å². The molecule has 1 aromatic heterocycles. The van der Waals surface area contributed by atoms with Crippen molar-refractivity contribution < 1.29 is 9.53 Å². The number of ether oxygens (including phenoxy) is 1. The third kappa shape index (κ3) is 3.19. The van der Waals surface area contributed by atoms with Crippen LogP contribution in [0.2, 0.25) is 0 Å². The fraction of sp³-hybridized carbons (Fsp3) is 0.308. The molecule has 96 valence electrons. The van der Waals surface area contributed by atoms with Gasteiger partial charge in [-0.25, -0.2) is 4.79 Å². The predicted octanol–water partition coefficient (Wildman–Crippen LogP) is 4.41. The predicted molar refractivity (Wildman–Crippen MR) is 79.2 cm³/mol. The number of carbonyl (C=O) groups excluding carboxylic acids is 1. The van der Waals surface area contributed by atoms with Crippen LogP contribution >= 0.6 is 34.7 Å². The van der Waals surface area contributed by atoms with E-state index in [0.29, 0.717) is 10.8 Å². The molecule has 0 aliphatic rings. The number of alkyl halides is 1. The molecule has 0 aliphatic carbocycles. The minimum Gasteiger partial charge on any atom is -0.465 e. The zero-order valence-corrected chi connectivity index (χ0v) is 12.3. The molecule has 0 unspecified atom stereocenters. The molecule has 1 aromatic carbocycles. The Labute approximate surface area is 119 Å². The zero-order chi connectivity index (χ0) is 13.0. The van der Waals surface area contributed by atoms with E-state index in [9.17, 15) is 4.79 Å². The molecular weight excluding hydrogens is 288 g/mol. The number of hydrogen-bond donors (Lipinski definition) is 0. The van der Waals surface area contributed by atoms with Crippen LogP contribution in [0.3, 0.4) is 0 Å². The summed E-state index contributed by atoms with van der Waals surface area (Å²) in [5, 5.41) is 1.09. The van der Waals surface area contributed by atoms with E-state index in [-0.39, 0.29) is 5.97 Å². The van der Waals surface area contributed by atoms with Crippen molar-refractivity contribution >= 4 is 50.8 Å². The van der Waals surface area contributed by atoms with E-state index in [0.717, 1.165) is 22.3 Å². The molecule has 5 heteroatoms. The number of carbonyl (C=O) groups is 1. The number of thiophene rings is 1. The van der Waals surface area contributed by atoms with E-state index in [1.165, 1.54) is 23.3 Å². The Morgan fingerprint density at radius 2 is 2.28 bits per heavy atom. The molecular formula is C13H13ClO2S2. The lowest BCUT2D eigenvalue weighted by Crippen LogP contribution is -1.96. The van der Waals surface area contributed by atoms with Crippen molar-refractivity contribution in [3.8, 4) is 0 Å². The van der Waals surface area contributed by atoms with Crippen molar-refractivity contribution in [3.05, 3.63) is 29.1 Å². The van der Waals surface area contributed by atoms with Gasteiger partial charge in [0.05, 0.1) is 7.11 Å². The van der Waals surface area contributed by atoms with Crippen LogP contribution in [0.15, 0.2) is 29.2 Å². The van der Waals surface area contributed by atoms with Crippen LogP contribution in [-0.4, -0.2) is 24.7 Å². The lowest BCUT2D eigenvalue weighted by Gasteiger charge is -1.99. The Morgan fingerprint density at radius 3 is 3.00 bits per heavy atom. The van der Waals surface area contributed by atoms with Gasteiger partial charge in [-0.15, -0.1) is 34.7 Å². The molecule has 0 aliphatic heterocycles. The molecule has 0 bridgehead atoms. The van der Waals surface area contributed by atoms with E-state index in [4.69, 9.17) is 16.3 Å². The van der Waals surface area contributed by atoms with Crippen molar-refractivity contribution in [2.75, 3.05) is 18.7 Å². The zero-order valence-electron chi connectivity index (χ0n) is 9.94. The maximum absolute atomic E-state index is 11.4. The van der Waals surface area contributed by atoms with Gasteiger partial charge in [0.1, 0.15) is 4.88 Å². The van der Waals surface area contributed by atoms with Gasteiger partial charge >= 0.3 is 5.97 Å². The summed E-state index contributed by atoms with van der Waals surface area (Å²) in [6, 6.07) is 8.13. The average Bonchev–Trinajstić information content (AvgIpc) is 2.81. The second-order valence-corrected chi connectivity index (χ2v) is 6.32. The van der Waals surface area contributed by atoms with E-state index in [1.807, 2.05) is 6.07 Å². The van der Waals surface area contributed by atoms with Crippen molar-refractivity contribution in [2.45, 2.75) is 11.3 Å². The lowest BCUT2D eigenvalue weighted by atomic mass is 10.2. The summed E-state index contributed by atoms with van der Waals surface area (Å²) in [6.45, 7) is 0. The summed E-state index contributed by atoms with van der Waals surface area (Å²) in [5.74, 6) is 1.44. The van der Waals surface area contributed by atoms with Gasteiger partial charge in [0.2, 0.25) is 0 Å². The second kappa shape index (κ2) is 6.45. The van der Waals surface area contributed by atoms with Crippen molar-refractivity contribution in [1.82, 2.24) is 0 Å². The molecule has 2 nitrogen and oxygen atoms in total. The van der Waals surface area contributed by atoms with Gasteiger partial charge in [-0.2, -0.15) is 0 Å². The summed E-state index contributed by atoms with van der Waals surface area (Å²) in [7, 11) is 1.40. The Hall–Kier alpha value is -0.710. The number of hydrogen-bond acceptors (Lipinski definition) is 4. The largest absolute Gasteiger partial charge is 0.465 e. The first-order chi connectivity index (χ1) is 8.74. The molecule has 0 spiro atoms. The molecule has 18 heavy (non-hydrogen) atoms. The minimum absolute atomic E-state index is 0.271. The lowest BCUT2D eigenvalue weighted by molar-refractivity contribution is 0.0606. The van der Waals surface area contributed by atoms with Crippen molar-refractivity contribution in [1.29, 1.82) is 0 Å². The molecule has 0 saturated heterocycles. The summed E-state index contributed by atoms with van der Waals surface area (Å²) in [4.78, 5) is 13.3. The average molecular weight is 301 g/mol. The van der Waals surface area contributed by atoms with Gasteiger partial charge in [0.25, 0.3) is 0 Å². The normalized spacial score (nSPS) is 10.8. The highest BCUT2D eigenvalue weighted by molar-refractivity contribution is 7.99. The SMILES string of the molecule is COC(=O)c1cc2cc(SCCCCl)ccc2s1. The number of fused-ring (bicyclic) bond motifs is 1. The first kappa shape index (κ1) is 13.7. The van der Waals surface area contributed by atoms with Crippen LogP contribution in [0.1, 0.15) is 16.1 Å². The van der Waals surface area contributed by atoms with Crippen LogP contribution in [-0.2, 0) is 4.74 Å². The number of benzene rings is 1. The summed E-state index contributed by atoms with van der Waals surface area (Å²) >= 11 is 8.90. The van der Waals surface area contributed by atoms with Gasteiger partial charge in [-0.05, 0) is 41.8 Å². The summed E-state index contributed by atoms with van der Waals surface area (Å²) in [6.07, 6.45) is 1.00. The molecule has 2 aromatic rings. The molecule has 1 heterocycles. The smallest absolute Gasteiger partial charge is 0.348 e. The topological polar surface area (TPSA) is 26.3 Å². The molecule has 0 radical (unpaired) electrons. The fourth-order valence-electron chi connectivity index (χ4n) is 1.56. The molecule has 0 atom stereocenters. The fourth-order valence-corrected chi connectivity index (χ4v) is 3.71. The molecule has 2 rings (SSSR count). The van der Waals surface area contributed by atoms with Crippen molar-refractivity contribution in [3.63, 3.8) is 0 Å². The highest BCUT2D eigenvalue weighted by Gasteiger charge is 2.10. The van der Waals surface area contributed by atoms with E-state index >= 15 is 0 Å². The Kier molecular flexibility index (Phi) is 4.92. The van der Waals surface area contributed by atoms with E-state index in [2.05, 4.69) is 18.2 Å². The molecule has 0 fully saturated rings. The Bertz CT molecular complexity index is 551. The van der Waals surface area contributed by atoms with E-state index in [1.54, 1.807) is 11.8 Å². The first-order valence-electron chi connectivity index (χ1n) is 5.55. The van der Waals surface area contributed by atoms with Gasteiger partial charge < -0.3 is 4.74 Å². The first-order valence-corrected chi connectivity index (χ1v) is 7.89. The van der Waals surface area contributed by atoms with Gasteiger partial charge in [-0.3, -0.25) is 0 Å². The number of rotatable bonds is 5. The number of methoxy groups -OCH3 is 1. The van der Waals surface area contributed by atoms with Crippen LogP contribution < -0.4 is 0 Å². The molecule has 0 saturated carbocycles. The molecule has 0 amide bonds. The van der Waals surface area contributed by atoms with Crippen LogP contribution in [0.25, 0.3) is 10.1 Å². The number of halogens is 1. The monoisotopic (exact) mass is 300 g/mol. The summed E-state index contributed by atoms with van der Waals surface area (Å²) < 4.78 is 5.84. The van der Waals surface area contributed by atoms with Gasteiger partial charge in [0, 0.05) is 15.5 Å². The van der Waals surface area contributed by atoms with E-state index < -0.39 is 0 Å². The highest BCUT2D eigenvalue weighted by atomic mass is 35.5. The quantitative estimate of drug-likeness (QED) is 0.354. The van der Waals surface area contributed by atoms with Gasteiger partial charge in [-0.1, -0.05) is 0 Å². The maximum Gasteiger partial charge on any atom is 0.348 e. The highest BCUT2D eigenvalue weighted by Crippen LogP contribution is 2.30.